The molecule has 2 amide bonds. The maximum atomic E-state index is 12.8. The van der Waals surface area contributed by atoms with Crippen molar-refractivity contribution in [3.8, 4) is 5.88 Å². The molecular weight excluding hydrogens is 360 g/mol. The molecular formula is C20H30N4O4. The number of carbonyl (C=O) groups excluding carboxylic acids is 1. The molecule has 0 spiro atoms. The van der Waals surface area contributed by atoms with Gasteiger partial charge in [-0.3, -0.25) is 0 Å². The highest BCUT2D eigenvalue weighted by atomic mass is 16.5. The van der Waals surface area contributed by atoms with Crippen LogP contribution in [0.4, 0.5) is 4.79 Å². The number of hydrogen-bond donors (Lipinski definition) is 0. The van der Waals surface area contributed by atoms with E-state index >= 15 is 0 Å². The van der Waals surface area contributed by atoms with Crippen molar-refractivity contribution in [2.45, 2.75) is 45.1 Å². The van der Waals surface area contributed by atoms with Gasteiger partial charge in [0.25, 0.3) is 0 Å². The minimum Gasteiger partial charge on any atom is -0.472 e. The number of morpholine rings is 1. The molecule has 8 heteroatoms. The fourth-order valence-corrected chi connectivity index (χ4v) is 4.04. The molecule has 0 bridgehead atoms. The van der Waals surface area contributed by atoms with Crippen LogP contribution in [0.3, 0.4) is 0 Å². The Morgan fingerprint density at radius 1 is 1.07 bits per heavy atom. The number of ether oxygens (including phenoxy) is 3. The van der Waals surface area contributed by atoms with E-state index in [1.807, 2.05) is 9.80 Å². The Bertz CT molecular complexity index is 693. The predicted octanol–water partition coefficient (Wildman–Crippen LogP) is 1.45. The lowest BCUT2D eigenvalue weighted by Gasteiger charge is -2.37. The number of urea groups is 1. The summed E-state index contributed by atoms with van der Waals surface area (Å²) >= 11 is 0. The van der Waals surface area contributed by atoms with Gasteiger partial charge in [-0.15, -0.1) is 0 Å². The molecule has 1 aromatic rings. The summed E-state index contributed by atoms with van der Waals surface area (Å²) in [5, 5.41) is 0. The van der Waals surface area contributed by atoms with Gasteiger partial charge in [0.2, 0.25) is 5.88 Å². The van der Waals surface area contributed by atoms with Gasteiger partial charge in [0.15, 0.2) is 0 Å². The van der Waals surface area contributed by atoms with Crippen LogP contribution in [0.1, 0.15) is 36.8 Å². The van der Waals surface area contributed by atoms with E-state index in [2.05, 4.69) is 11.9 Å². The summed E-state index contributed by atoms with van der Waals surface area (Å²) in [5.74, 6) is 1.51. The fourth-order valence-electron chi connectivity index (χ4n) is 4.04. The number of likely N-dealkylation sites (tertiary alicyclic amines) is 1. The lowest BCUT2D eigenvalue weighted by atomic mass is 10.1. The topological polar surface area (TPSA) is 77.0 Å². The Balaban J connectivity index is 1.47. The SMILES string of the molecule is CCc1nc2c(c(OC3CCCN(C(=O)N4CCOCC4)C3)n1)CCOCC2. The Morgan fingerprint density at radius 2 is 1.86 bits per heavy atom. The highest BCUT2D eigenvalue weighted by molar-refractivity contribution is 5.74. The maximum Gasteiger partial charge on any atom is 0.320 e. The van der Waals surface area contributed by atoms with Gasteiger partial charge in [-0.05, 0) is 12.8 Å². The zero-order chi connectivity index (χ0) is 19.3. The van der Waals surface area contributed by atoms with E-state index in [0.29, 0.717) is 51.9 Å². The number of rotatable bonds is 3. The molecule has 3 aliphatic heterocycles. The first kappa shape index (κ1) is 19.4. The second-order valence-corrected chi connectivity index (χ2v) is 7.55. The van der Waals surface area contributed by atoms with Gasteiger partial charge < -0.3 is 24.0 Å². The smallest absolute Gasteiger partial charge is 0.320 e. The number of nitrogens with zero attached hydrogens (tertiary/aromatic N) is 4. The minimum atomic E-state index is -0.0355. The van der Waals surface area contributed by atoms with Crippen molar-refractivity contribution in [1.82, 2.24) is 19.8 Å². The summed E-state index contributed by atoms with van der Waals surface area (Å²) < 4.78 is 17.4. The number of aromatic nitrogens is 2. The van der Waals surface area contributed by atoms with Gasteiger partial charge in [-0.1, -0.05) is 6.92 Å². The van der Waals surface area contributed by atoms with Gasteiger partial charge in [0.1, 0.15) is 11.9 Å². The van der Waals surface area contributed by atoms with Gasteiger partial charge >= 0.3 is 6.03 Å². The molecule has 0 aliphatic carbocycles. The largest absolute Gasteiger partial charge is 0.472 e. The summed E-state index contributed by atoms with van der Waals surface area (Å²) in [6.45, 7) is 7.38. The predicted molar refractivity (Wildman–Crippen MR) is 103 cm³/mol. The maximum absolute atomic E-state index is 12.8. The van der Waals surface area contributed by atoms with Gasteiger partial charge in [0, 0.05) is 44.5 Å². The highest BCUT2D eigenvalue weighted by Crippen LogP contribution is 2.26. The van der Waals surface area contributed by atoms with Crippen LogP contribution < -0.4 is 4.74 Å². The van der Waals surface area contributed by atoms with E-state index in [0.717, 1.165) is 55.7 Å². The van der Waals surface area contributed by atoms with Gasteiger partial charge in [-0.25, -0.2) is 9.78 Å². The Labute approximate surface area is 166 Å². The zero-order valence-corrected chi connectivity index (χ0v) is 16.7. The van der Waals surface area contributed by atoms with Gasteiger partial charge in [-0.2, -0.15) is 4.98 Å². The lowest BCUT2D eigenvalue weighted by molar-refractivity contribution is 0.0324. The van der Waals surface area contributed by atoms with E-state index in [4.69, 9.17) is 19.2 Å². The first-order valence-electron chi connectivity index (χ1n) is 10.5. The summed E-state index contributed by atoms with van der Waals surface area (Å²) in [6, 6.07) is 0.0979. The number of aryl methyl sites for hydroxylation is 1. The summed E-state index contributed by atoms with van der Waals surface area (Å²) in [6.07, 6.45) is 4.19. The number of amides is 2. The molecule has 28 heavy (non-hydrogen) atoms. The molecule has 1 unspecified atom stereocenters. The number of fused-ring (bicyclic) bond motifs is 1. The summed E-state index contributed by atoms with van der Waals surface area (Å²) in [4.78, 5) is 26.0. The molecule has 2 saturated heterocycles. The van der Waals surface area contributed by atoms with Crippen molar-refractivity contribution in [3.63, 3.8) is 0 Å². The fraction of sp³-hybridized carbons (Fsp3) is 0.750. The molecule has 4 heterocycles. The number of hydrogen-bond acceptors (Lipinski definition) is 6. The zero-order valence-electron chi connectivity index (χ0n) is 16.7. The molecule has 0 aromatic carbocycles. The van der Waals surface area contributed by atoms with Crippen molar-refractivity contribution in [2.24, 2.45) is 0 Å². The average molecular weight is 390 g/mol. The third kappa shape index (κ3) is 4.38. The highest BCUT2D eigenvalue weighted by Gasteiger charge is 2.30. The quantitative estimate of drug-likeness (QED) is 0.778. The molecule has 3 aliphatic rings. The molecule has 8 nitrogen and oxygen atoms in total. The molecule has 0 N–H and O–H groups in total. The molecule has 0 saturated carbocycles. The molecule has 0 radical (unpaired) electrons. The van der Waals surface area contributed by atoms with Crippen molar-refractivity contribution in [2.75, 3.05) is 52.6 Å². The third-order valence-electron chi connectivity index (χ3n) is 5.61. The van der Waals surface area contributed by atoms with Crippen molar-refractivity contribution in [1.29, 1.82) is 0 Å². The van der Waals surface area contributed by atoms with Crippen LogP contribution in [0.2, 0.25) is 0 Å². The Morgan fingerprint density at radius 3 is 2.68 bits per heavy atom. The number of carbonyl (C=O) groups is 1. The van der Waals surface area contributed by atoms with E-state index < -0.39 is 0 Å². The van der Waals surface area contributed by atoms with E-state index in [-0.39, 0.29) is 12.1 Å². The van der Waals surface area contributed by atoms with Crippen LogP contribution in [0.5, 0.6) is 5.88 Å². The first-order valence-corrected chi connectivity index (χ1v) is 10.5. The van der Waals surface area contributed by atoms with E-state index in [1.54, 1.807) is 0 Å². The molecule has 4 rings (SSSR count). The van der Waals surface area contributed by atoms with Crippen LogP contribution >= 0.6 is 0 Å². The van der Waals surface area contributed by atoms with E-state index in [9.17, 15) is 4.79 Å². The van der Waals surface area contributed by atoms with Crippen molar-refractivity contribution >= 4 is 6.03 Å². The van der Waals surface area contributed by atoms with E-state index in [1.165, 1.54) is 0 Å². The van der Waals surface area contributed by atoms with Crippen LogP contribution in [-0.4, -0.2) is 84.5 Å². The van der Waals surface area contributed by atoms with Crippen LogP contribution in [0.25, 0.3) is 0 Å². The third-order valence-corrected chi connectivity index (χ3v) is 5.61. The molecule has 1 atom stereocenters. The van der Waals surface area contributed by atoms with Gasteiger partial charge in [0.05, 0.1) is 38.7 Å². The van der Waals surface area contributed by atoms with Crippen molar-refractivity contribution in [3.05, 3.63) is 17.1 Å². The summed E-state index contributed by atoms with van der Waals surface area (Å²) in [5.41, 5.74) is 2.13. The van der Waals surface area contributed by atoms with Crippen LogP contribution in [0.15, 0.2) is 0 Å². The second-order valence-electron chi connectivity index (χ2n) is 7.55. The lowest BCUT2D eigenvalue weighted by Crippen LogP contribution is -2.52. The first-order chi connectivity index (χ1) is 13.7. The molecule has 154 valence electrons. The van der Waals surface area contributed by atoms with Crippen LogP contribution in [0, 0.1) is 0 Å². The van der Waals surface area contributed by atoms with Crippen LogP contribution in [-0.2, 0) is 28.7 Å². The normalized spacial score (nSPS) is 23.1. The standard InChI is InChI=1S/C20H30N4O4/c1-2-18-21-17-6-11-26-10-5-16(17)19(22-18)28-15-4-3-7-24(14-15)20(25)23-8-12-27-13-9-23/h15H,2-14H2,1H3. The number of piperidine rings is 1. The monoisotopic (exact) mass is 390 g/mol. The Kier molecular flexibility index (Phi) is 6.26. The second kappa shape index (κ2) is 9.05. The van der Waals surface area contributed by atoms with Crippen molar-refractivity contribution < 1.29 is 19.0 Å². The minimum absolute atomic E-state index is 0.0355. The molecule has 1 aromatic heterocycles. The molecule has 2 fully saturated rings. The Hall–Kier alpha value is -1.93. The summed E-state index contributed by atoms with van der Waals surface area (Å²) in [7, 11) is 0. The average Bonchev–Trinajstić information content (AvgIpc) is 2.99.